The van der Waals surface area contributed by atoms with E-state index in [1.54, 1.807) is 41.1 Å². The van der Waals surface area contributed by atoms with E-state index in [-0.39, 0.29) is 13.0 Å². The van der Waals surface area contributed by atoms with Crippen LogP contribution in [0.4, 0.5) is 4.79 Å². The maximum Gasteiger partial charge on any atom is 0.408 e. The molecule has 0 aliphatic rings. The highest BCUT2D eigenvalue weighted by Crippen LogP contribution is 2.37. The molecule has 9 nitrogen and oxygen atoms in total. The van der Waals surface area contributed by atoms with E-state index in [1.165, 1.54) is 0 Å². The zero-order chi connectivity index (χ0) is 33.9. The lowest BCUT2D eigenvalue weighted by Gasteiger charge is -2.37. The van der Waals surface area contributed by atoms with Crippen molar-refractivity contribution in [2.75, 3.05) is 20.8 Å². The largest absolute Gasteiger partial charge is 0.493 e. The average molecular weight is 638 g/mol. The lowest BCUT2D eigenvalue weighted by Crippen LogP contribution is -2.53. The van der Waals surface area contributed by atoms with Crippen LogP contribution in [0.1, 0.15) is 49.4 Å². The predicted molar refractivity (Wildman–Crippen MR) is 181 cm³/mol. The van der Waals surface area contributed by atoms with Gasteiger partial charge in [0.1, 0.15) is 17.2 Å². The fourth-order valence-electron chi connectivity index (χ4n) is 5.37. The predicted octanol–water partition coefficient (Wildman–Crippen LogP) is 5.75. The van der Waals surface area contributed by atoms with Gasteiger partial charge in [0, 0.05) is 6.54 Å². The number of alkyl carbamates (subject to hydrolysis) is 1. The molecule has 0 aliphatic carbocycles. The van der Waals surface area contributed by atoms with Crippen LogP contribution in [0.2, 0.25) is 0 Å². The smallest absolute Gasteiger partial charge is 0.408 e. The molecule has 0 bridgehead atoms. The SMILES string of the molecule is COc1ccc(CCNC(=O)[C@@H](CC(=O)NC(c2ccccc2)(c2ccccc2)c2ccccc2)NC(=O)OC(C)(C)C)cc1OC. The Bertz CT molecular complexity index is 1530. The van der Waals surface area contributed by atoms with E-state index in [0.717, 1.165) is 22.3 Å². The third-order valence-corrected chi connectivity index (χ3v) is 7.51. The molecule has 4 aromatic rings. The fourth-order valence-corrected chi connectivity index (χ4v) is 5.37. The maximum absolute atomic E-state index is 14.1. The van der Waals surface area contributed by atoms with Crippen molar-refractivity contribution in [2.45, 2.75) is 50.8 Å². The number of amides is 3. The average Bonchev–Trinajstić information content (AvgIpc) is 3.07. The van der Waals surface area contributed by atoms with Gasteiger partial charge in [0.25, 0.3) is 0 Å². The van der Waals surface area contributed by atoms with Crippen LogP contribution in [-0.4, -0.2) is 50.3 Å². The van der Waals surface area contributed by atoms with Crippen molar-refractivity contribution in [2.24, 2.45) is 0 Å². The van der Waals surface area contributed by atoms with Crippen molar-refractivity contribution in [1.82, 2.24) is 16.0 Å². The lowest BCUT2D eigenvalue weighted by molar-refractivity contribution is -0.129. The van der Waals surface area contributed by atoms with Gasteiger partial charge in [0.15, 0.2) is 11.5 Å². The molecule has 0 saturated carbocycles. The van der Waals surface area contributed by atoms with Gasteiger partial charge in [-0.1, -0.05) is 97.1 Å². The molecule has 1 atom stereocenters. The van der Waals surface area contributed by atoms with Gasteiger partial charge in [-0.05, 0) is 61.6 Å². The van der Waals surface area contributed by atoms with Crippen LogP contribution in [-0.2, 0) is 26.3 Å². The van der Waals surface area contributed by atoms with Crippen LogP contribution in [0, 0.1) is 0 Å². The number of ether oxygens (including phenoxy) is 3. The summed E-state index contributed by atoms with van der Waals surface area (Å²) < 4.78 is 16.1. The van der Waals surface area contributed by atoms with Gasteiger partial charge >= 0.3 is 6.09 Å². The first kappa shape index (κ1) is 34.6. The normalized spacial score (nSPS) is 11.9. The van der Waals surface area contributed by atoms with Crippen molar-refractivity contribution in [3.8, 4) is 11.5 Å². The molecule has 0 aliphatic heterocycles. The van der Waals surface area contributed by atoms with Crippen LogP contribution in [0.15, 0.2) is 109 Å². The summed E-state index contributed by atoms with van der Waals surface area (Å²) in [6, 6.07) is 33.3. The van der Waals surface area contributed by atoms with Crippen LogP contribution >= 0.6 is 0 Å². The van der Waals surface area contributed by atoms with Gasteiger partial charge in [-0.25, -0.2) is 4.79 Å². The Hall–Kier alpha value is -5.31. The van der Waals surface area contributed by atoms with E-state index in [0.29, 0.717) is 17.9 Å². The van der Waals surface area contributed by atoms with Crippen LogP contribution < -0.4 is 25.4 Å². The number of benzene rings is 4. The minimum absolute atomic E-state index is 0.254. The zero-order valence-electron chi connectivity index (χ0n) is 27.5. The highest BCUT2D eigenvalue weighted by molar-refractivity contribution is 5.91. The van der Waals surface area contributed by atoms with Gasteiger partial charge in [-0.15, -0.1) is 0 Å². The second kappa shape index (κ2) is 15.8. The molecular weight excluding hydrogens is 594 g/mol. The van der Waals surface area contributed by atoms with E-state index >= 15 is 0 Å². The summed E-state index contributed by atoms with van der Waals surface area (Å²) in [6.07, 6.45) is -0.655. The molecule has 0 radical (unpaired) electrons. The molecule has 0 heterocycles. The number of methoxy groups -OCH3 is 2. The third-order valence-electron chi connectivity index (χ3n) is 7.51. The first-order valence-electron chi connectivity index (χ1n) is 15.5. The van der Waals surface area contributed by atoms with Crippen LogP contribution in [0.3, 0.4) is 0 Å². The molecule has 0 saturated heterocycles. The number of hydrogen-bond acceptors (Lipinski definition) is 6. The highest BCUT2D eigenvalue weighted by atomic mass is 16.6. The molecule has 4 rings (SSSR count). The Morgan fingerprint density at radius 3 is 1.68 bits per heavy atom. The Kier molecular flexibility index (Phi) is 11.6. The number of carbonyl (C=O) groups excluding carboxylic acids is 3. The highest BCUT2D eigenvalue weighted by Gasteiger charge is 2.39. The first-order valence-corrected chi connectivity index (χ1v) is 15.5. The minimum atomic E-state index is -1.21. The van der Waals surface area contributed by atoms with Crippen molar-refractivity contribution < 1.29 is 28.6 Å². The third kappa shape index (κ3) is 9.13. The Labute approximate surface area is 276 Å². The second-order valence-electron chi connectivity index (χ2n) is 12.0. The molecule has 47 heavy (non-hydrogen) atoms. The number of hydrogen-bond donors (Lipinski definition) is 3. The monoisotopic (exact) mass is 637 g/mol. The fraction of sp³-hybridized carbons (Fsp3) is 0.289. The number of carbonyl (C=O) groups is 3. The maximum atomic E-state index is 14.1. The first-order chi connectivity index (χ1) is 22.6. The summed E-state index contributed by atoms with van der Waals surface area (Å²) in [5.41, 5.74) is 1.53. The number of nitrogens with one attached hydrogen (secondary N) is 3. The summed E-state index contributed by atoms with van der Waals surface area (Å²) >= 11 is 0. The van der Waals surface area contributed by atoms with E-state index < -0.39 is 35.1 Å². The molecule has 3 amide bonds. The molecule has 0 spiro atoms. The van der Waals surface area contributed by atoms with Crippen molar-refractivity contribution >= 4 is 17.9 Å². The number of rotatable bonds is 13. The summed E-state index contributed by atoms with van der Waals surface area (Å²) in [6.45, 7) is 5.44. The van der Waals surface area contributed by atoms with Gasteiger partial charge in [-0.3, -0.25) is 9.59 Å². The summed E-state index contributed by atoms with van der Waals surface area (Å²) in [7, 11) is 3.12. The Morgan fingerprint density at radius 1 is 0.702 bits per heavy atom. The Balaban J connectivity index is 1.60. The molecular formula is C38H43N3O6. The molecule has 3 N–H and O–H groups in total. The molecule has 4 aromatic carbocycles. The van der Waals surface area contributed by atoms with Gasteiger partial charge in [0.05, 0.1) is 20.6 Å². The molecule has 0 unspecified atom stereocenters. The van der Waals surface area contributed by atoms with Crippen molar-refractivity contribution in [1.29, 1.82) is 0 Å². The van der Waals surface area contributed by atoms with E-state index in [2.05, 4.69) is 16.0 Å². The van der Waals surface area contributed by atoms with Crippen LogP contribution in [0.5, 0.6) is 11.5 Å². The molecule has 0 aromatic heterocycles. The lowest BCUT2D eigenvalue weighted by atomic mass is 9.77. The standard InChI is InChI=1S/C38H43N3O6/c1-37(2,3)47-36(44)40-31(35(43)39-24-23-27-21-22-32(45-4)33(25-27)46-5)26-34(42)41-38(28-15-9-6-10-16-28,29-17-11-7-12-18-29)30-19-13-8-14-20-30/h6-22,25,31H,23-24,26H2,1-5H3,(H,39,43)(H,40,44)(H,41,42)/t31-/m1/s1. The quantitative estimate of drug-likeness (QED) is 0.161. The topological polar surface area (TPSA) is 115 Å². The summed E-state index contributed by atoms with van der Waals surface area (Å²) in [5.74, 6) is 0.218. The molecule has 246 valence electrons. The van der Waals surface area contributed by atoms with Gasteiger partial charge < -0.3 is 30.2 Å². The molecule has 9 heteroatoms. The van der Waals surface area contributed by atoms with Gasteiger partial charge in [0.2, 0.25) is 11.8 Å². The van der Waals surface area contributed by atoms with Gasteiger partial charge in [-0.2, -0.15) is 0 Å². The molecule has 0 fully saturated rings. The minimum Gasteiger partial charge on any atom is -0.493 e. The summed E-state index contributed by atoms with van der Waals surface area (Å²) in [4.78, 5) is 40.5. The Morgan fingerprint density at radius 2 is 1.21 bits per heavy atom. The van der Waals surface area contributed by atoms with Crippen molar-refractivity contribution in [3.63, 3.8) is 0 Å². The van der Waals surface area contributed by atoms with E-state index in [9.17, 15) is 14.4 Å². The van der Waals surface area contributed by atoms with E-state index in [1.807, 2.05) is 103 Å². The summed E-state index contributed by atoms with van der Waals surface area (Å²) in [5, 5.41) is 8.74. The second-order valence-corrected chi connectivity index (χ2v) is 12.0. The zero-order valence-corrected chi connectivity index (χ0v) is 27.5. The van der Waals surface area contributed by atoms with E-state index in [4.69, 9.17) is 14.2 Å². The van der Waals surface area contributed by atoms with Crippen LogP contribution in [0.25, 0.3) is 0 Å². The van der Waals surface area contributed by atoms with Crippen molar-refractivity contribution in [3.05, 3.63) is 131 Å².